The minimum absolute atomic E-state index is 0.0230. The highest BCUT2D eigenvalue weighted by molar-refractivity contribution is 5.76. The summed E-state index contributed by atoms with van der Waals surface area (Å²) in [6.07, 6.45) is 8.33. The average Bonchev–Trinajstić information content (AvgIpc) is 3.44. The van der Waals surface area contributed by atoms with Crippen molar-refractivity contribution in [3.05, 3.63) is 53.6 Å². The molecule has 2 aromatic carbocycles. The zero-order valence-corrected chi connectivity index (χ0v) is 17.7. The van der Waals surface area contributed by atoms with Crippen molar-refractivity contribution in [2.75, 3.05) is 13.9 Å². The Morgan fingerprint density at radius 2 is 1.73 bits per heavy atom. The molecule has 2 aromatic rings. The van der Waals surface area contributed by atoms with Gasteiger partial charge in [0, 0.05) is 12.5 Å². The maximum atomic E-state index is 12.7. The Hall–Kier alpha value is -2.69. The predicted octanol–water partition coefficient (Wildman–Crippen LogP) is 4.66. The third-order valence-corrected chi connectivity index (χ3v) is 6.18. The number of fused-ring (bicyclic) bond motifs is 1. The number of hydrogen-bond acceptors (Lipinski definition) is 4. The summed E-state index contributed by atoms with van der Waals surface area (Å²) < 4.78 is 16.2. The quantitative estimate of drug-likeness (QED) is 0.654. The Kier molecular flexibility index (Phi) is 6.77. The smallest absolute Gasteiger partial charge is 0.231 e. The molecule has 2 aliphatic rings. The summed E-state index contributed by atoms with van der Waals surface area (Å²) in [5.74, 6) is 3.28. The number of nitrogens with one attached hydrogen (secondary N) is 1. The molecule has 5 heteroatoms. The highest BCUT2D eigenvalue weighted by Crippen LogP contribution is 2.33. The fourth-order valence-electron chi connectivity index (χ4n) is 4.51. The standard InChI is InChI=1S/C25H31NO4/c1-28-22-10-6-19(7-11-22)14-21(26-25(27)13-9-18-4-2-3-5-18)15-20-8-12-23-24(16-20)30-17-29-23/h6-8,10-12,16,18,21H,2-5,9,13-15,17H2,1H3,(H,26,27)/t21-/m1/s1. The maximum Gasteiger partial charge on any atom is 0.231 e. The lowest BCUT2D eigenvalue weighted by Gasteiger charge is -2.20. The van der Waals surface area contributed by atoms with E-state index >= 15 is 0 Å². The van der Waals surface area contributed by atoms with E-state index in [1.54, 1.807) is 7.11 Å². The minimum atomic E-state index is 0.0230. The van der Waals surface area contributed by atoms with Crippen LogP contribution < -0.4 is 19.5 Å². The molecule has 0 bridgehead atoms. The normalized spacial score (nSPS) is 16.4. The van der Waals surface area contributed by atoms with Crippen molar-refractivity contribution in [2.45, 2.75) is 57.4 Å². The van der Waals surface area contributed by atoms with Crippen LogP contribution in [0.2, 0.25) is 0 Å². The second kappa shape index (κ2) is 9.88. The molecular formula is C25H31NO4. The first-order valence-electron chi connectivity index (χ1n) is 11.0. The number of amides is 1. The lowest BCUT2D eigenvalue weighted by atomic mass is 9.97. The highest BCUT2D eigenvalue weighted by atomic mass is 16.7. The fraction of sp³-hybridized carbons (Fsp3) is 0.480. The molecular weight excluding hydrogens is 378 g/mol. The van der Waals surface area contributed by atoms with Gasteiger partial charge in [0.15, 0.2) is 11.5 Å². The number of methoxy groups -OCH3 is 1. The van der Waals surface area contributed by atoms with Crippen LogP contribution in [0, 0.1) is 5.92 Å². The molecule has 1 aliphatic carbocycles. The summed E-state index contributed by atoms with van der Waals surface area (Å²) in [7, 11) is 1.67. The van der Waals surface area contributed by atoms with Gasteiger partial charge in [0.25, 0.3) is 0 Å². The molecule has 0 spiro atoms. The van der Waals surface area contributed by atoms with Crippen molar-refractivity contribution in [1.29, 1.82) is 0 Å². The lowest BCUT2D eigenvalue weighted by Crippen LogP contribution is -2.38. The van der Waals surface area contributed by atoms with Crippen LogP contribution in [0.5, 0.6) is 17.2 Å². The minimum Gasteiger partial charge on any atom is -0.497 e. The van der Waals surface area contributed by atoms with E-state index in [2.05, 4.69) is 23.5 Å². The van der Waals surface area contributed by atoms with E-state index in [1.807, 2.05) is 24.3 Å². The average molecular weight is 410 g/mol. The fourth-order valence-corrected chi connectivity index (χ4v) is 4.51. The maximum absolute atomic E-state index is 12.7. The van der Waals surface area contributed by atoms with Crippen molar-refractivity contribution in [2.24, 2.45) is 5.92 Å². The van der Waals surface area contributed by atoms with Crippen LogP contribution in [-0.4, -0.2) is 25.9 Å². The van der Waals surface area contributed by atoms with Gasteiger partial charge in [-0.05, 0) is 60.6 Å². The first-order chi connectivity index (χ1) is 14.7. The number of benzene rings is 2. The topological polar surface area (TPSA) is 56.8 Å². The van der Waals surface area contributed by atoms with E-state index in [0.29, 0.717) is 6.42 Å². The summed E-state index contributed by atoms with van der Waals surface area (Å²) in [5, 5.41) is 3.29. The van der Waals surface area contributed by atoms with Crippen LogP contribution in [0.3, 0.4) is 0 Å². The molecule has 1 fully saturated rings. The molecule has 1 aliphatic heterocycles. The van der Waals surface area contributed by atoms with E-state index in [9.17, 15) is 4.79 Å². The molecule has 1 saturated carbocycles. The molecule has 30 heavy (non-hydrogen) atoms. The van der Waals surface area contributed by atoms with Gasteiger partial charge in [-0.2, -0.15) is 0 Å². The van der Waals surface area contributed by atoms with Crippen LogP contribution in [0.4, 0.5) is 0 Å². The predicted molar refractivity (Wildman–Crippen MR) is 116 cm³/mol. The molecule has 0 radical (unpaired) electrons. The molecule has 4 rings (SSSR count). The van der Waals surface area contributed by atoms with Crippen LogP contribution in [0.15, 0.2) is 42.5 Å². The summed E-state index contributed by atoms with van der Waals surface area (Å²) in [6, 6.07) is 14.1. The summed E-state index contributed by atoms with van der Waals surface area (Å²) >= 11 is 0. The Labute approximate surface area is 178 Å². The molecule has 0 aromatic heterocycles. The van der Waals surface area contributed by atoms with E-state index in [0.717, 1.165) is 48.0 Å². The number of carbonyl (C=O) groups is 1. The van der Waals surface area contributed by atoms with Crippen molar-refractivity contribution >= 4 is 5.91 Å². The SMILES string of the molecule is COc1ccc(C[C@H](Cc2ccc3c(c2)OCO3)NC(=O)CCC2CCCC2)cc1. The Balaban J connectivity index is 1.41. The van der Waals surface area contributed by atoms with Gasteiger partial charge >= 0.3 is 0 Å². The Morgan fingerprint density at radius 3 is 2.50 bits per heavy atom. The summed E-state index contributed by atoms with van der Waals surface area (Å²) in [5.41, 5.74) is 2.31. The van der Waals surface area contributed by atoms with Gasteiger partial charge in [-0.1, -0.05) is 43.9 Å². The van der Waals surface area contributed by atoms with Gasteiger partial charge in [-0.15, -0.1) is 0 Å². The van der Waals surface area contributed by atoms with Crippen molar-refractivity contribution in [3.8, 4) is 17.2 Å². The van der Waals surface area contributed by atoms with Crippen LogP contribution in [0.1, 0.15) is 49.7 Å². The first-order valence-corrected chi connectivity index (χ1v) is 11.0. The molecule has 1 amide bonds. The van der Waals surface area contributed by atoms with Gasteiger partial charge in [0.1, 0.15) is 5.75 Å². The second-order valence-electron chi connectivity index (χ2n) is 8.40. The zero-order chi connectivity index (χ0) is 20.8. The summed E-state index contributed by atoms with van der Waals surface area (Å²) in [4.78, 5) is 12.7. The molecule has 1 atom stereocenters. The van der Waals surface area contributed by atoms with E-state index < -0.39 is 0 Å². The van der Waals surface area contributed by atoms with Crippen LogP contribution >= 0.6 is 0 Å². The number of hydrogen-bond donors (Lipinski definition) is 1. The monoisotopic (exact) mass is 409 g/mol. The van der Waals surface area contributed by atoms with Gasteiger partial charge in [0.2, 0.25) is 12.7 Å². The lowest BCUT2D eigenvalue weighted by molar-refractivity contribution is -0.122. The number of rotatable bonds is 9. The largest absolute Gasteiger partial charge is 0.497 e. The Bertz CT molecular complexity index is 843. The molecule has 160 valence electrons. The molecule has 1 N–H and O–H groups in total. The van der Waals surface area contributed by atoms with Gasteiger partial charge in [-0.25, -0.2) is 0 Å². The summed E-state index contributed by atoms with van der Waals surface area (Å²) in [6.45, 7) is 0.270. The molecule has 5 nitrogen and oxygen atoms in total. The Morgan fingerprint density at radius 1 is 1.03 bits per heavy atom. The van der Waals surface area contributed by atoms with Crippen LogP contribution in [-0.2, 0) is 17.6 Å². The first kappa shape index (κ1) is 20.6. The van der Waals surface area contributed by atoms with Crippen molar-refractivity contribution < 1.29 is 19.0 Å². The second-order valence-corrected chi connectivity index (χ2v) is 8.40. The zero-order valence-electron chi connectivity index (χ0n) is 17.7. The van der Waals surface area contributed by atoms with Crippen molar-refractivity contribution in [3.63, 3.8) is 0 Å². The van der Waals surface area contributed by atoms with Gasteiger partial charge in [0.05, 0.1) is 7.11 Å². The van der Waals surface area contributed by atoms with Gasteiger partial charge in [-0.3, -0.25) is 4.79 Å². The molecule has 0 unspecified atom stereocenters. The third-order valence-electron chi connectivity index (χ3n) is 6.18. The van der Waals surface area contributed by atoms with E-state index in [4.69, 9.17) is 14.2 Å². The number of carbonyl (C=O) groups excluding carboxylic acids is 1. The van der Waals surface area contributed by atoms with Crippen LogP contribution in [0.25, 0.3) is 0 Å². The third kappa shape index (κ3) is 5.47. The molecule has 1 heterocycles. The highest BCUT2D eigenvalue weighted by Gasteiger charge is 2.20. The molecule has 0 saturated heterocycles. The van der Waals surface area contributed by atoms with E-state index in [-0.39, 0.29) is 18.7 Å². The number of ether oxygens (including phenoxy) is 3. The van der Waals surface area contributed by atoms with E-state index in [1.165, 1.54) is 31.2 Å². The van der Waals surface area contributed by atoms with Gasteiger partial charge < -0.3 is 19.5 Å². The van der Waals surface area contributed by atoms with Crippen molar-refractivity contribution in [1.82, 2.24) is 5.32 Å².